The third kappa shape index (κ3) is 13.0. The number of rotatable bonds is 17. The number of aliphatic hydroxyl groups is 1. The second-order valence-corrected chi connectivity index (χ2v) is 16.2. The lowest BCUT2D eigenvalue weighted by Gasteiger charge is -2.29. The van der Waals surface area contributed by atoms with Crippen LogP contribution in [0.15, 0.2) is 140 Å². The number of imide groups is 2. The van der Waals surface area contributed by atoms with Crippen molar-refractivity contribution in [3.63, 3.8) is 0 Å². The maximum atomic E-state index is 13.6. The predicted octanol–water partition coefficient (Wildman–Crippen LogP) is 8.00. The number of carbonyl (C=O) groups excluding carboxylic acids is 4. The summed E-state index contributed by atoms with van der Waals surface area (Å²) >= 11 is 0. The molecule has 0 spiro atoms. The van der Waals surface area contributed by atoms with E-state index in [2.05, 4.69) is 0 Å². The van der Waals surface area contributed by atoms with E-state index >= 15 is 0 Å². The lowest BCUT2D eigenvalue weighted by molar-refractivity contribution is -0.154. The molecule has 2 heterocycles. The van der Waals surface area contributed by atoms with Gasteiger partial charge in [-0.2, -0.15) is 0 Å². The highest BCUT2D eigenvalue weighted by Gasteiger charge is 2.44. The van der Waals surface area contributed by atoms with Crippen molar-refractivity contribution in [2.75, 3.05) is 13.2 Å². The number of benzene rings is 5. The van der Waals surface area contributed by atoms with Gasteiger partial charge in [-0.05, 0) is 92.6 Å². The van der Waals surface area contributed by atoms with Crippen LogP contribution in [0.4, 0.5) is 9.59 Å². The van der Waals surface area contributed by atoms with Crippen LogP contribution in [-0.4, -0.2) is 93.7 Å². The first-order valence-electron chi connectivity index (χ1n) is 21.5. The summed E-state index contributed by atoms with van der Waals surface area (Å²) in [6.07, 6.45) is -4.15. The molecule has 0 aromatic heterocycles. The monoisotopic (exact) mass is 872 g/mol. The van der Waals surface area contributed by atoms with E-state index in [4.69, 9.17) is 23.7 Å². The highest BCUT2D eigenvalue weighted by atomic mass is 16.6. The van der Waals surface area contributed by atoms with E-state index in [1.807, 2.05) is 111 Å². The Balaban J connectivity index is 0.000000219. The Morgan fingerprint density at radius 1 is 0.625 bits per heavy atom. The molecule has 2 saturated heterocycles. The summed E-state index contributed by atoms with van der Waals surface area (Å²) in [7, 11) is 0. The minimum atomic E-state index is -1.31. The molecule has 5 aromatic rings. The van der Waals surface area contributed by atoms with Crippen molar-refractivity contribution in [2.45, 2.75) is 96.2 Å². The second kappa shape index (κ2) is 22.7. The number of hydrogen-bond acceptors (Lipinski definition) is 11. The molecule has 64 heavy (non-hydrogen) atoms. The fraction of sp³-hybridized carbons (Fsp3) is 0.333. The molecule has 0 aliphatic carbocycles. The quantitative estimate of drug-likeness (QED) is 0.0932. The van der Waals surface area contributed by atoms with Crippen LogP contribution in [0.25, 0.3) is 0 Å². The molecule has 2 N–H and O–H groups in total. The van der Waals surface area contributed by atoms with Crippen molar-refractivity contribution in [3.8, 4) is 11.5 Å². The Kier molecular flexibility index (Phi) is 16.7. The number of aliphatic hydroxyl groups excluding tert-OH is 1. The summed E-state index contributed by atoms with van der Waals surface area (Å²) in [5.41, 5.74) is 4.22. The van der Waals surface area contributed by atoms with Crippen molar-refractivity contribution in [2.24, 2.45) is 0 Å². The molecule has 0 unspecified atom stereocenters. The molecule has 13 heteroatoms. The Bertz CT molecular complexity index is 2290. The molecule has 7 rings (SSSR count). The van der Waals surface area contributed by atoms with Crippen LogP contribution in [0, 0.1) is 0 Å². The van der Waals surface area contributed by atoms with Crippen LogP contribution >= 0.6 is 0 Å². The Morgan fingerprint density at radius 3 is 1.66 bits per heavy atom. The van der Waals surface area contributed by atoms with Crippen LogP contribution in [0.2, 0.25) is 0 Å². The molecule has 336 valence electrons. The standard InChI is InChI=1S/C29H31NO6.C22H25NO5/c1-20(2)36-27(28(32)30-24(19-35-29(30)33)16-21-10-5-3-6-11-21)26(31)23-14-9-15-25(17-23)34-18-22-12-7-4-8-13-22;1-15(2)28-20(13-17-9-6-10-19(24)12-17)21(25)23-18(14-27-22(23)26)11-16-7-4-3-5-8-16/h3-15,17,20,24,26-27,31H,16,18-19H2,1-2H3;3-10,12,15,18,20,24H,11,13-14H2,1-2H3/t24-,26+,27-;18-,20-/m00/s1. The number of hydrogen-bond donors (Lipinski definition) is 2. The third-order valence-corrected chi connectivity index (χ3v) is 10.5. The van der Waals surface area contributed by atoms with Crippen LogP contribution in [-0.2, 0) is 54.4 Å². The van der Waals surface area contributed by atoms with Crippen LogP contribution in [0.3, 0.4) is 0 Å². The highest BCUT2D eigenvalue weighted by molar-refractivity contribution is 5.97. The summed E-state index contributed by atoms with van der Waals surface area (Å²) in [4.78, 5) is 54.0. The molecule has 2 aliphatic heterocycles. The van der Waals surface area contributed by atoms with E-state index in [0.29, 0.717) is 30.8 Å². The van der Waals surface area contributed by atoms with Gasteiger partial charge in [0.2, 0.25) is 0 Å². The number of cyclic esters (lactones) is 2. The van der Waals surface area contributed by atoms with Gasteiger partial charge in [0.05, 0.1) is 24.3 Å². The molecule has 5 atom stereocenters. The molecule has 5 aromatic carbocycles. The van der Waals surface area contributed by atoms with Gasteiger partial charge in [0.15, 0.2) is 6.10 Å². The molecule has 2 aliphatic rings. The Hall–Kier alpha value is -6.54. The molecule has 4 amide bonds. The number of amides is 4. The third-order valence-electron chi connectivity index (χ3n) is 10.5. The van der Waals surface area contributed by atoms with Gasteiger partial charge >= 0.3 is 12.2 Å². The van der Waals surface area contributed by atoms with Gasteiger partial charge in [-0.1, -0.05) is 115 Å². The molecule has 2 fully saturated rings. The van der Waals surface area contributed by atoms with Gasteiger partial charge < -0.3 is 33.9 Å². The van der Waals surface area contributed by atoms with E-state index in [9.17, 15) is 29.4 Å². The van der Waals surface area contributed by atoms with Crippen LogP contribution in [0.1, 0.15) is 61.6 Å². The van der Waals surface area contributed by atoms with E-state index in [1.54, 1.807) is 56.3 Å². The maximum absolute atomic E-state index is 13.6. The summed E-state index contributed by atoms with van der Waals surface area (Å²) < 4.78 is 28.0. The minimum Gasteiger partial charge on any atom is -0.508 e. The van der Waals surface area contributed by atoms with Gasteiger partial charge in [-0.15, -0.1) is 0 Å². The second-order valence-electron chi connectivity index (χ2n) is 16.2. The molecular weight excluding hydrogens is 817 g/mol. The number of phenolic OH excluding ortho intramolecular Hbond substituents is 1. The fourth-order valence-corrected chi connectivity index (χ4v) is 7.51. The first kappa shape index (κ1) is 47.0. The van der Waals surface area contributed by atoms with Crippen molar-refractivity contribution in [3.05, 3.63) is 167 Å². The smallest absolute Gasteiger partial charge is 0.417 e. The summed E-state index contributed by atoms with van der Waals surface area (Å²) in [5.74, 6) is -0.375. The van der Waals surface area contributed by atoms with E-state index in [-0.39, 0.29) is 43.6 Å². The van der Waals surface area contributed by atoms with Crippen molar-refractivity contribution in [1.29, 1.82) is 0 Å². The van der Waals surface area contributed by atoms with Gasteiger partial charge in [-0.25, -0.2) is 19.4 Å². The van der Waals surface area contributed by atoms with Crippen molar-refractivity contribution < 1.29 is 53.1 Å². The van der Waals surface area contributed by atoms with Gasteiger partial charge in [0.25, 0.3) is 11.8 Å². The normalized spacial score (nSPS) is 17.3. The molecule has 0 radical (unpaired) electrons. The van der Waals surface area contributed by atoms with E-state index < -0.39 is 48.4 Å². The summed E-state index contributed by atoms with van der Waals surface area (Å²) in [6.45, 7) is 7.85. The number of carbonyl (C=O) groups is 4. The minimum absolute atomic E-state index is 0.0901. The zero-order valence-electron chi connectivity index (χ0n) is 36.5. The van der Waals surface area contributed by atoms with Gasteiger partial charge in [0, 0.05) is 6.42 Å². The lowest BCUT2D eigenvalue weighted by atomic mass is 10.0. The topological polar surface area (TPSA) is 161 Å². The number of aromatic hydroxyl groups is 1. The van der Waals surface area contributed by atoms with E-state index in [1.165, 1.54) is 4.90 Å². The molecule has 13 nitrogen and oxygen atoms in total. The molecule has 0 saturated carbocycles. The SMILES string of the molecule is CC(C)O[C@@H](Cc1cccc(O)c1)C(=O)N1C(=O)OC[C@@H]1Cc1ccccc1.CC(C)O[C@H](C(=O)N1C(=O)OC[C@@H]1Cc1ccccc1)[C@H](O)c1cccc(OCc2ccccc2)c1. The maximum Gasteiger partial charge on any atom is 0.417 e. The molecule has 0 bridgehead atoms. The first-order chi connectivity index (χ1) is 30.9. The van der Waals surface area contributed by atoms with Gasteiger partial charge in [0.1, 0.15) is 43.5 Å². The Labute approximate surface area is 374 Å². The summed E-state index contributed by atoms with van der Waals surface area (Å²) in [5, 5.41) is 20.9. The van der Waals surface area contributed by atoms with Gasteiger partial charge in [-0.3, -0.25) is 9.59 Å². The Morgan fingerprint density at radius 2 is 1.12 bits per heavy atom. The highest BCUT2D eigenvalue weighted by Crippen LogP contribution is 2.29. The van der Waals surface area contributed by atoms with Crippen LogP contribution < -0.4 is 4.74 Å². The zero-order valence-corrected chi connectivity index (χ0v) is 36.5. The number of ether oxygens (including phenoxy) is 5. The summed E-state index contributed by atoms with van der Waals surface area (Å²) in [6, 6.07) is 41.7. The number of phenols is 1. The zero-order chi connectivity index (χ0) is 45.6. The average Bonchev–Trinajstić information content (AvgIpc) is 3.84. The fourth-order valence-electron chi connectivity index (χ4n) is 7.51. The average molecular weight is 873 g/mol. The van der Waals surface area contributed by atoms with Crippen molar-refractivity contribution in [1.82, 2.24) is 9.80 Å². The lowest BCUT2D eigenvalue weighted by Crippen LogP contribution is -2.49. The largest absolute Gasteiger partial charge is 0.508 e. The number of nitrogens with zero attached hydrogens (tertiary/aromatic N) is 2. The first-order valence-corrected chi connectivity index (χ1v) is 21.5. The van der Waals surface area contributed by atoms with Crippen LogP contribution in [0.5, 0.6) is 11.5 Å². The van der Waals surface area contributed by atoms with Crippen molar-refractivity contribution >= 4 is 24.0 Å². The molecular formula is C51H56N2O11. The predicted molar refractivity (Wildman–Crippen MR) is 238 cm³/mol. The van der Waals surface area contributed by atoms with E-state index in [0.717, 1.165) is 27.2 Å².